The van der Waals surface area contributed by atoms with Crippen molar-refractivity contribution >= 4 is 17.8 Å². The summed E-state index contributed by atoms with van der Waals surface area (Å²) in [5.41, 5.74) is 9.95. The molecule has 5 N–H and O–H groups in total. The van der Waals surface area contributed by atoms with Gasteiger partial charge in [-0.15, -0.1) is 0 Å². The molecule has 1 unspecified atom stereocenters. The van der Waals surface area contributed by atoms with Gasteiger partial charge >= 0.3 is 6.03 Å². The first-order valence-corrected chi connectivity index (χ1v) is 11.6. The highest BCUT2D eigenvalue weighted by Crippen LogP contribution is 2.30. The lowest BCUT2D eigenvalue weighted by molar-refractivity contribution is 0.0985. The molecule has 3 aromatic rings. The SMILES string of the molecule is COCCN1CCC(c2ccc(F)c(F)c2)C1.NC(=O)Nc1c(C(N)=O)c(C(F)F)nn1-c1ccccc1. The number of halogens is 4. The van der Waals surface area contributed by atoms with Gasteiger partial charge in [-0.25, -0.2) is 27.0 Å². The average Bonchev–Trinajstić information content (AvgIpc) is 3.50. The molecule has 2 heterocycles. The van der Waals surface area contributed by atoms with E-state index in [1.165, 1.54) is 12.1 Å². The molecule has 1 aromatic heterocycles. The molecule has 1 atom stereocenters. The van der Waals surface area contributed by atoms with Gasteiger partial charge in [0.2, 0.25) is 0 Å². The van der Waals surface area contributed by atoms with Crippen molar-refractivity contribution in [3.8, 4) is 5.69 Å². The number of nitrogens with one attached hydrogen (secondary N) is 1. The predicted octanol–water partition coefficient (Wildman–Crippen LogP) is 3.80. The number of benzene rings is 2. The van der Waals surface area contributed by atoms with E-state index in [9.17, 15) is 27.2 Å². The maximum absolute atomic E-state index is 13.1. The highest BCUT2D eigenvalue weighted by molar-refractivity contribution is 6.02. The standard InChI is InChI=1S/C13H17F2NO.C12H11F2N5O2/c1-17-7-6-16-5-4-11(9-16)10-2-3-12(14)13(15)8-10;13-9(14)8-7(10(15)20)11(17-12(16)21)19(18-8)6-4-2-1-3-5-6/h2-3,8,11H,4-7,9H2,1H3;1-5,9H,(H2,15,20)(H3,16,17,21). The van der Waals surface area contributed by atoms with E-state index in [-0.39, 0.29) is 5.82 Å². The average molecular weight is 537 g/mol. The van der Waals surface area contributed by atoms with Crippen LogP contribution in [0.5, 0.6) is 0 Å². The lowest BCUT2D eigenvalue weighted by Gasteiger charge is -2.15. The van der Waals surface area contributed by atoms with Crippen molar-refractivity contribution in [2.24, 2.45) is 11.5 Å². The first kappa shape index (κ1) is 28.6. The number of urea groups is 1. The molecular formula is C25H28F4N6O3. The number of carbonyl (C=O) groups is 2. The molecule has 0 saturated carbocycles. The van der Waals surface area contributed by atoms with E-state index in [2.05, 4.69) is 15.3 Å². The van der Waals surface area contributed by atoms with Crippen molar-refractivity contribution in [2.45, 2.75) is 18.8 Å². The number of amides is 3. The number of hydrogen-bond donors (Lipinski definition) is 3. The third-order valence-electron chi connectivity index (χ3n) is 5.91. The minimum Gasteiger partial charge on any atom is -0.383 e. The molecule has 1 saturated heterocycles. The molecule has 0 aliphatic carbocycles. The quantitative estimate of drug-likeness (QED) is 0.377. The molecule has 0 bridgehead atoms. The minimum absolute atomic E-state index is 0.295. The summed E-state index contributed by atoms with van der Waals surface area (Å²) in [4.78, 5) is 24.7. The highest BCUT2D eigenvalue weighted by atomic mass is 19.3. The number of likely N-dealkylation sites (tertiary alicyclic amines) is 1. The van der Waals surface area contributed by atoms with Crippen LogP contribution in [-0.2, 0) is 4.74 Å². The molecule has 2 aromatic carbocycles. The smallest absolute Gasteiger partial charge is 0.317 e. The van der Waals surface area contributed by atoms with Crippen molar-refractivity contribution < 1.29 is 31.9 Å². The molecular weight excluding hydrogens is 508 g/mol. The van der Waals surface area contributed by atoms with E-state index in [0.717, 1.165) is 36.3 Å². The van der Waals surface area contributed by atoms with E-state index >= 15 is 0 Å². The Bertz CT molecular complexity index is 1260. The molecule has 1 fully saturated rings. The summed E-state index contributed by atoms with van der Waals surface area (Å²) in [7, 11) is 1.68. The predicted molar refractivity (Wildman–Crippen MR) is 132 cm³/mol. The minimum atomic E-state index is -3.04. The fourth-order valence-corrected chi connectivity index (χ4v) is 4.11. The summed E-state index contributed by atoms with van der Waals surface area (Å²) in [5, 5.41) is 5.75. The van der Waals surface area contributed by atoms with Gasteiger partial charge in [0.05, 0.1) is 12.3 Å². The second-order valence-corrected chi connectivity index (χ2v) is 8.46. The number of anilines is 1. The number of primary amides is 2. The van der Waals surface area contributed by atoms with Crippen molar-refractivity contribution in [1.29, 1.82) is 0 Å². The van der Waals surface area contributed by atoms with E-state index in [1.54, 1.807) is 43.5 Å². The molecule has 0 radical (unpaired) electrons. The van der Waals surface area contributed by atoms with Crippen LogP contribution in [0.4, 0.5) is 28.2 Å². The van der Waals surface area contributed by atoms with Crippen LogP contribution in [0.15, 0.2) is 48.5 Å². The van der Waals surface area contributed by atoms with Gasteiger partial charge in [-0.05, 0) is 48.7 Å². The maximum Gasteiger partial charge on any atom is 0.317 e. The third-order valence-corrected chi connectivity index (χ3v) is 5.91. The van der Waals surface area contributed by atoms with Crippen LogP contribution in [0.1, 0.15) is 40.4 Å². The fraction of sp³-hybridized carbons (Fsp3) is 0.320. The molecule has 1 aliphatic heterocycles. The topological polar surface area (TPSA) is 128 Å². The normalized spacial score (nSPS) is 15.3. The Hall–Kier alpha value is -3.97. The summed E-state index contributed by atoms with van der Waals surface area (Å²) in [6, 6.07) is 11.3. The number of para-hydroxylation sites is 1. The largest absolute Gasteiger partial charge is 0.383 e. The van der Waals surface area contributed by atoms with Crippen LogP contribution in [0.3, 0.4) is 0 Å². The Labute approximate surface area is 216 Å². The fourth-order valence-electron chi connectivity index (χ4n) is 4.11. The molecule has 3 amide bonds. The number of nitrogens with zero attached hydrogens (tertiary/aromatic N) is 3. The number of ether oxygens (including phenoxy) is 1. The monoisotopic (exact) mass is 536 g/mol. The Morgan fingerprint density at radius 2 is 1.84 bits per heavy atom. The van der Waals surface area contributed by atoms with Crippen molar-refractivity contribution in [3.05, 3.63) is 77.0 Å². The van der Waals surface area contributed by atoms with Gasteiger partial charge in [0.1, 0.15) is 11.3 Å². The van der Waals surface area contributed by atoms with Crippen LogP contribution < -0.4 is 16.8 Å². The summed E-state index contributed by atoms with van der Waals surface area (Å²) in [5.74, 6) is -2.66. The highest BCUT2D eigenvalue weighted by Gasteiger charge is 2.29. The lowest BCUT2D eigenvalue weighted by Crippen LogP contribution is -2.24. The number of methoxy groups -OCH3 is 1. The van der Waals surface area contributed by atoms with Gasteiger partial charge in [0, 0.05) is 20.2 Å². The van der Waals surface area contributed by atoms with Crippen LogP contribution in [0.2, 0.25) is 0 Å². The van der Waals surface area contributed by atoms with Gasteiger partial charge in [0.15, 0.2) is 17.5 Å². The molecule has 38 heavy (non-hydrogen) atoms. The van der Waals surface area contributed by atoms with Crippen LogP contribution in [-0.4, -0.2) is 60.0 Å². The molecule has 4 rings (SSSR count). The molecule has 1 aliphatic rings. The summed E-state index contributed by atoms with van der Waals surface area (Å²) in [6.07, 6.45) is -2.04. The van der Waals surface area contributed by atoms with E-state index in [1.807, 2.05) is 0 Å². The van der Waals surface area contributed by atoms with Crippen molar-refractivity contribution in [1.82, 2.24) is 14.7 Å². The Morgan fingerprint density at radius 1 is 1.13 bits per heavy atom. The second kappa shape index (κ2) is 13.0. The molecule has 9 nitrogen and oxygen atoms in total. The summed E-state index contributed by atoms with van der Waals surface area (Å²) in [6.45, 7) is 3.50. The van der Waals surface area contributed by atoms with Crippen molar-refractivity contribution in [3.63, 3.8) is 0 Å². The Balaban J connectivity index is 0.000000215. The number of aromatic nitrogens is 2. The number of rotatable bonds is 8. The second-order valence-electron chi connectivity index (χ2n) is 8.46. The van der Waals surface area contributed by atoms with Gasteiger partial charge in [-0.1, -0.05) is 24.3 Å². The van der Waals surface area contributed by atoms with Gasteiger partial charge in [0.25, 0.3) is 12.3 Å². The zero-order valence-corrected chi connectivity index (χ0v) is 20.5. The van der Waals surface area contributed by atoms with Crippen LogP contribution in [0, 0.1) is 11.6 Å². The lowest BCUT2D eigenvalue weighted by atomic mass is 9.98. The Morgan fingerprint density at radius 3 is 2.42 bits per heavy atom. The summed E-state index contributed by atoms with van der Waals surface area (Å²) >= 11 is 0. The molecule has 13 heteroatoms. The van der Waals surface area contributed by atoms with E-state index < -0.39 is 41.3 Å². The number of hydrogen-bond acceptors (Lipinski definition) is 5. The number of alkyl halides is 2. The number of nitrogens with two attached hydrogens (primary N) is 2. The summed E-state index contributed by atoms with van der Waals surface area (Å²) < 4.78 is 58.0. The first-order valence-electron chi connectivity index (χ1n) is 11.6. The van der Waals surface area contributed by atoms with Crippen LogP contribution >= 0.6 is 0 Å². The zero-order chi connectivity index (χ0) is 27.8. The number of carbonyl (C=O) groups excluding carboxylic acids is 2. The van der Waals surface area contributed by atoms with Crippen molar-refractivity contribution in [2.75, 3.05) is 38.7 Å². The maximum atomic E-state index is 13.1. The van der Waals surface area contributed by atoms with Crippen LogP contribution in [0.25, 0.3) is 5.69 Å². The van der Waals surface area contributed by atoms with E-state index in [4.69, 9.17) is 16.2 Å². The zero-order valence-electron chi connectivity index (χ0n) is 20.5. The molecule has 204 valence electrons. The van der Waals surface area contributed by atoms with Gasteiger partial charge < -0.3 is 21.1 Å². The first-order chi connectivity index (χ1) is 18.1. The van der Waals surface area contributed by atoms with E-state index in [0.29, 0.717) is 18.2 Å². The van der Waals surface area contributed by atoms with Gasteiger partial charge in [-0.3, -0.25) is 10.1 Å². The van der Waals surface area contributed by atoms with Gasteiger partial charge in [-0.2, -0.15) is 5.10 Å². The molecule has 0 spiro atoms. The Kier molecular flexibility index (Phi) is 9.79. The third kappa shape index (κ3) is 7.07.